The smallest absolute Gasteiger partial charge is 0.255 e. The fraction of sp³-hybridized carbons (Fsp3) is 0.235. The van der Waals surface area contributed by atoms with E-state index in [1.807, 2.05) is 0 Å². The number of benzene rings is 2. The van der Waals surface area contributed by atoms with E-state index < -0.39 is 21.7 Å². The highest BCUT2D eigenvalue weighted by Gasteiger charge is 2.28. The van der Waals surface area contributed by atoms with Gasteiger partial charge in [-0.3, -0.25) is 4.79 Å². The van der Waals surface area contributed by atoms with Crippen molar-refractivity contribution in [3.8, 4) is 5.75 Å². The molecule has 1 amide bonds. The van der Waals surface area contributed by atoms with Crippen molar-refractivity contribution in [2.45, 2.75) is 17.7 Å². The third kappa shape index (κ3) is 3.64. The summed E-state index contributed by atoms with van der Waals surface area (Å²) in [7, 11) is -3.66. The van der Waals surface area contributed by atoms with E-state index in [9.17, 15) is 22.7 Å². The molecule has 0 aromatic heterocycles. The molecular weight excluding hydrogens is 347 g/mol. The average molecular weight is 364 g/mol. The number of aromatic hydroxyl groups is 1. The molecule has 0 spiro atoms. The number of halogens is 1. The van der Waals surface area contributed by atoms with Crippen molar-refractivity contribution in [1.29, 1.82) is 0 Å². The maximum Gasteiger partial charge on any atom is 0.255 e. The Bertz CT molecular complexity index is 891. The highest BCUT2D eigenvalue weighted by atomic mass is 32.2. The van der Waals surface area contributed by atoms with Gasteiger partial charge in [-0.05, 0) is 55.3 Å². The van der Waals surface area contributed by atoms with Gasteiger partial charge in [0.05, 0.1) is 10.6 Å². The molecule has 2 N–H and O–H groups in total. The van der Waals surface area contributed by atoms with Crippen LogP contribution in [0, 0.1) is 5.82 Å². The number of phenols is 1. The molecule has 2 aromatic carbocycles. The van der Waals surface area contributed by atoms with Crippen LogP contribution in [0.3, 0.4) is 0 Å². The van der Waals surface area contributed by atoms with Crippen molar-refractivity contribution in [3.63, 3.8) is 0 Å². The molecule has 1 saturated heterocycles. The number of carbonyl (C=O) groups is 1. The zero-order chi connectivity index (χ0) is 18.0. The van der Waals surface area contributed by atoms with E-state index in [1.54, 1.807) is 0 Å². The lowest BCUT2D eigenvalue weighted by Crippen LogP contribution is -2.28. The first-order valence-corrected chi connectivity index (χ1v) is 9.22. The van der Waals surface area contributed by atoms with Gasteiger partial charge in [0, 0.05) is 18.7 Å². The number of amides is 1. The second-order valence-corrected chi connectivity index (χ2v) is 7.69. The molecule has 0 radical (unpaired) electrons. The van der Waals surface area contributed by atoms with E-state index in [1.165, 1.54) is 34.6 Å². The summed E-state index contributed by atoms with van der Waals surface area (Å²) >= 11 is 0. The Morgan fingerprint density at radius 3 is 2.36 bits per heavy atom. The second-order valence-electron chi connectivity index (χ2n) is 5.75. The Morgan fingerprint density at radius 1 is 1.08 bits per heavy atom. The van der Waals surface area contributed by atoms with Gasteiger partial charge in [0.1, 0.15) is 11.6 Å². The predicted octanol–water partition coefficient (Wildman–Crippen LogP) is 2.57. The summed E-state index contributed by atoms with van der Waals surface area (Å²) in [6, 6.07) is 8.63. The minimum Gasteiger partial charge on any atom is -0.506 e. The Balaban J connectivity index is 1.87. The van der Waals surface area contributed by atoms with Crippen LogP contribution in [0.1, 0.15) is 23.2 Å². The number of carbonyl (C=O) groups excluding carboxylic acids is 1. The summed E-state index contributed by atoms with van der Waals surface area (Å²) in [6.07, 6.45) is 1.62. The molecule has 0 aliphatic carbocycles. The molecule has 1 aliphatic rings. The van der Waals surface area contributed by atoms with Crippen LogP contribution in [0.5, 0.6) is 5.75 Å². The summed E-state index contributed by atoms with van der Waals surface area (Å²) in [5, 5.41) is 12.4. The number of phenolic OH excluding ortho intramolecular Hbond substituents is 1. The van der Waals surface area contributed by atoms with Gasteiger partial charge in [-0.1, -0.05) is 0 Å². The van der Waals surface area contributed by atoms with Crippen LogP contribution in [0.15, 0.2) is 47.4 Å². The largest absolute Gasteiger partial charge is 0.506 e. The zero-order valence-corrected chi connectivity index (χ0v) is 14.1. The molecule has 0 bridgehead atoms. The molecule has 3 rings (SSSR count). The van der Waals surface area contributed by atoms with Gasteiger partial charge in [0.15, 0.2) is 0 Å². The van der Waals surface area contributed by atoms with Crippen molar-refractivity contribution in [1.82, 2.24) is 4.31 Å². The Kier molecular flexibility index (Phi) is 4.73. The van der Waals surface area contributed by atoms with E-state index in [0.717, 1.165) is 25.0 Å². The van der Waals surface area contributed by atoms with Gasteiger partial charge in [-0.25, -0.2) is 12.8 Å². The maximum atomic E-state index is 12.9. The topological polar surface area (TPSA) is 86.7 Å². The molecule has 0 saturated carbocycles. The minimum absolute atomic E-state index is 0.00149. The lowest BCUT2D eigenvalue weighted by Gasteiger charge is -2.16. The highest BCUT2D eigenvalue weighted by Crippen LogP contribution is 2.29. The Hall–Kier alpha value is -2.45. The van der Waals surface area contributed by atoms with E-state index in [-0.39, 0.29) is 21.9 Å². The van der Waals surface area contributed by atoms with Crippen molar-refractivity contribution >= 4 is 21.6 Å². The molecule has 1 fully saturated rings. The number of nitrogens with zero attached hydrogens (tertiary/aromatic N) is 1. The summed E-state index contributed by atoms with van der Waals surface area (Å²) in [5.41, 5.74) is 0.170. The molecule has 6 nitrogen and oxygen atoms in total. The molecule has 8 heteroatoms. The van der Waals surface area contributed by atoms with Crippen LogP contribution in [-0.2, 0) is 10.0 Å². The van der Waals surface area contributed by atoms with Crippen LogP contribution in [0.2, 0.25) is 0 Å². The number of nitrogens with one attached hydrogen (secondary N) is 1. The molecule has 2 aromatic rings. The quantitative estimate of drug-likeness (QED) is 0.817. The zero-order valence-electron chi connectivity index (χ0n) is 13.3. The van der Waals surface area contributed by atoms with Crippen LogP contribution >= 0.6 is 0 Å². The monoisotopic (exact) mass is 364 g/mol. The van der Waals surface area contributed by atoms with Gasteiger partial charge in [-0.15, -0.1) is 0 Å². The number of hydrogen-bond acceptors (Lipinski definition) is 4. The Morgan fingerprint density at radius 2 is 1.72 bits per heavy atom. The fourth-order valence-electron chi connectivity index (χ4n) is 2.65. The average Bonchev–Trinajstić information content (AvgIpc) is 3.12. The standard InChI is InChI=1S/C17H17FN2O4S/c18-13-5-3-12(4-6-13)17(22)19-15-11-14(7-8-16(15)21)25(23,24)20-9-1-2-10-20/h3-8,11,21H,1-2,9-10H2,(H,19,22). The summed E-state index contributed by atoms with van der Waals surface area (Å²) in [6.45, 7) is 0.918. The van der Waals surface area contributed by atoms with E-state index in [2.05, 4.69) is 5.32 Å². The fourth-order valence-corrected chi connectivity index (χ4v) is 4.19. The van der Waals surface area contributed by atoms with Gasteiger partial charge >= 0.3 is 0 Å². The van der Waals surface area contributed by atoms with Gasteiger partial charge < -0.3 is 10.4 Å². The van der Waals surface area contributed by atoms with Crippen molar-refractivity contribution in [2.75, 3.05) is 18.4 Å². The van der Waals surface area contributed by atoms with Crippen molar-refractivity contribution < 1.29 is 22.7 Å². The third-order valence-corrected chi connectivity index (χ3v) is 5.92. The molecular formula is C17H17FN2O4S. The van der Waals surface area contributed by atoms with Crippen LogP contribution < -0.4 is 5.32 Å². The van der Waals surface area contributed by atoms with Crippen LogP contribution in [0.4, 0.5) is 10.1 Å². The first-order chi connectivity index (χ1) is 11.9. The van der Waals surface area contributed by atoms with Crippen molar-refractivity contribution in [3.05, 3.63) is 53.8 Å². The van der Waals surface area contributed by atoms with Gasteiger partial charge in [-0.2, -0.15) is 4.31 Å². The SMILES string of the molecule is O=C(Nc1cc(S(=O)(=O)N2CCCC2)ccc1O)c1ccc(F)cc1. The highest BCUT2D eigenvalue weighted by molar-refractivity contribution is 7.89. The number of hydrogen-bond donors (Lipinski definition) is 2. The molecule has 132 valence electrons. The van der Waals surface area contributed by atoms with Crippen LogP contribution in [-0.4, -0.2) is 36.8 Å². The van der Waals surface area contributed by atoms with E-state index in [4.69, 9.17) is 0 Å². The minimum atomic E-state index is -3.66. The summed E-state index contributed by atoms with van der Waals surface area (Å²) in [5.74, 6) is -1.31. The molecule has 25 heavy (non-hydrogen) atoms. The van der Waals surface area contributed by atoms with Gasteiger partial charge in [0.25, 0.3) is 5.91 Å². The molecule has 1 heterocycles. The van der Waals surface area contributed by atoms with E-state index >= 15 is 0 Å². The molecule has 1 aliphatic heterocycles. The summed E-state index contributed by atoms with van der Waals surface area (Å²) in [4.78, 5) is 12.2. The predicted molar refractivity (Wildman–Crippen MR) is 90.5 cm³/mol. The van der Waals surface area contributed by atoms with Gasteiger partial charge in [0.2, 0.25) is 10.0 Å². The lowest BCUT2D eigenvalue weighted by atomic mass is 10.2. The Labute approximate surface area is 144 Å². The third-order valence-electron chi connectivity index (χ3n) is 4.03. The molecule has 0 atom stereocenters. The lowest BCUT2D eigenvalue weighted by molar-refractivity contribution is 0.102. The maximum absolute atomic E-state index is 12.9. The normalized spacial score (nSPS) is 15.2. The number of sulfonamides is 1. The second kappa shape index (κ2) is 6.81. The summed E-state index contributed by atoms with van der Waals surface area (Å²) < 4.78 is 39.5. The first-order valence-electron chi connectivity index (χ1n) is 7.78. The molecule has 0 unspecified atom stereocenters. The number of rotatable bonds is 4. The van der Waals surface area contributed by atoms with Crippen LogP contribution in [0.25, 0.3) is 0 Å². The number of anilines is 1. The van der Waals surface area contributed by atoms with Crippen molar-refractivity contribution in [2.24, 2.45) is 0 Å². The van der Waals surface area contributed by atoms with E-state index in [0.29, 0.717) is 13.1 Å². The first kappa shape index (κ1) is 17.4.